The molecule has 4 N–H and O–H groups in total. The van der Waals surface area contributed by atoms with Crippen LogP contribution in [0.25, 0.3) is 22.3 Å². The molecule has 0 amide bonds. The van der Waals surface area contributed by atoms with Crippen molar-refractivity contribution in [2.75, 3.05) is 6.54 Å². The third-order valence-electron chi connectivity index (χ3n) is 3.00. The van der Waals surface area contributed by atoms with Crippen molar-refractivity contribution in [2.45, 2.75) is 6.42 Å². The summed E-state index contributed by atoms with van der Waals surface area (Å²) in [4.78, 5) is 11.8. The molecule has 2 heterocycles. The van der Waals surface area contributed by atoms with Gasteiger partial charge in [-0.3, -0.25) is 4.98 Å². The predicted molar refractivity (Wildman–Crippen MR) is 73.7 cm³/mol. The fourth-order valence-electron chi connectivity index (χ4n) is 2.08. The number of nitrogens with zero attached hydrogens (tertiary/aromatic N) is 2. The first-order valence-electron chi connectivity index (χ1n) is 6.10. The van der Waals surface area contributed by atoms with Crippen LogP contribution in [0.3, 0.4) is 0 Å². The first-order chi connectivity index (χ1) is 9.28. The van der Waals surface area contributed by atoms with Crippen molar-refractivity contribution in [1.82, 2.24) is 15.0 Å². The summed E-state index contributed by atoms with van der Waals surface area (Å²) in [5.74, 6) is 0.231. The van der Waals surface area contributed by atoms with Crippen molar-refractivity contribution >= 4 is 10.9 Å². The van der Waals surface area contributed by atoms with E-state index in [2.05, 4.69) is 15.0 Å². The molecule has 0 bridgehead atoms. The zero-order valence-corrected chi connectivity index (χ0v) is 10.3. The number of hydrogen-bond donors (Lipinski definition) is 3. The lowest BCUT2D eigenvalue weighted by Crippen LogP contribution is -2.05. The van der Waals surface area contributed by atoms with Crippen molar-refractivity contribution in [3.8, 4) is 17.1 Å². The molecule has 5 heteroatoms. The highest BCUT2D eigenvalue weighted by atomic mass is 16.3. The molecule has 0 saturated carbocycles. The Morgan fingerprint density at radius 3 is 2.95 bits per heavy atom. The van der Waals surface area contributed by atoms with Crippen LogP contribution in [0, 0.1) is 0 Å². The number of aromatic amines is 1. The molecule has 0 unspecified atom stereocenters. The van der Waals surface area contributed by atoms with Crippen LogP contribution in [0.4, 0.5) is 0 Å². The highest BCUT2D eigenvalue weighted by molar-refractivity contribution is 5.89. The second-order valence-corrected chi connectivity index (χ2v) is 4.36. The molecule has 0 aliphatic carbocycles. The molecule has 19 heavy (non-hydrogen) atoms. The van der Waals surface area contributed by atoms with Gasteiger partial charge in [-0.1, -0.05) is 12.1 Å². The SMILES string of the molecule is NCCc1cncc(-c2cc3cccc(O)c3[nH]2)n1. The average Bonchev–Trinajstić information content (AvgIpc) is 2.85. The normalized spacial score (nSPS) is 11.0. The number of benzene rings is 1. The lowest BCUT2D eigenvalue weighted by molar-refractivity contribution is 0.480. The Balaban J connectivity index is 2.08. The monoisotopic (exact) mass is 254 g/mol. The van der Waals surface area contributed by atoms with Gasteiger partial charge < -0.3 is 15.8 Å². The Morgan fingerprint density at radius 2 is 2.16 bits per heavy atom. The topological polar surface area (TPSA) is 87.8 Å². The van der Waals surface area contributed by atoms with Gasteiger partial charge in [-0.2, -0.15) is 0 Å². The second-order valence-electron chi connectivity index (χ2n) is 4.36. The minimum absolute atomic E-state index is 0.231. The number of para-hydroxylation sites is 1. The Kier molecular flexibility index (Phi) is 2.89. The summed E-state index contributed by atoms with van der Waals surface area (Å²) in [6.07, 6.45) is 4.12. The molecule has 0 radical (unpaired) electrons. The van der Waals surface area contributed by atoms with Gasteiger partial charge in [0.25, 0.3) is 0 Å². The third-order valence-corrected chi connectivity index (χ3v) is 3.00. The number of aromatic nitrogens is 3. The van der Waals surface area contributed by atoms with E-state index in [1.165, 1.54) is 0 Å². The quantitative estimate of drug-likeness (QED) is 0.665. The molecule has 1 aromatic carbocycles. The van der Waals surface area contributed by atoms with Crippen LogP contribution in [0.5, 0.6) is 5.75 Å². The zero-order chi connectivity index (χ0) is 13.2. The Morgan fingerprint density at radius 1 is 1.26 bits per heavy atom. The van der Waals surface area contributed by atoms with Gasteiger partial charge in [0.1, 0.15) is 11.4 Å². The predicted octanol–water partition coefficient (Wildman–Crippen LogP) is 1.83. The summed E-state index contributed by atoms with van der Waals surface area (Å²) in [7, 11) is 0. The number of phenols is 1. The van der Waals surface area contributed by atoms with Gasteiger partial charge in [-0.15, -0.1) is 0 Å². The number of phenolic OH excluding ortho intramolecular Hbond substituents is 1. The van der Waals surface area contributed by atoms with Crippen molar-refractivity contribution < 1.29 is 5.11 Å². The maximum Gasteiger partial charge on any atom is 0.139 e. The molecule has 5 nitrogen and oxygen atoms in total. The Hall–Kier alpha value is -2.40. The van der Waals surface area contributed by atoms with E-state index in [0.717, 1.165) is 22.5 Å². The second kappa shape index (κ2) is 4.70. The van der Waals surface area contributed by atoms with Gasteiger partial charge in [0, 0.05) is 18.0 Å². The van der Waals surface area contributed by atoms with E-state index in [9.17, 15) is 5.11 Å². The van der Waals surface area contributed by atoms with Gasteiger partial charge in [0.05, 0.1) is 23.1 Å². The standard InChI is InChI=1S/C14H14N4O/c15-5-4-10-7-16-8-12(17-10)11-6-9-2-1-3-13(19)14(9)18-11/h1-3,6-8,18-19H,4-5,15H2. The van der Waals surface area contributed by atoms with Crippen molar-refractivity contribution in [2.24, 2.45) is 5.73 Å². The summed E-state index contributed by atoms with van der Waals surface area (Å²) in [6.45, 7) is 0.547. The molecule has 0 aliphatic rings. The molecule has 0 atom stereocenters. The van der Waals surface area contributed by atoms with Gasteiger partial charge >= 0.3 is 0 Å². The zero-order valence-electron chi connectivity index (χ0n) is 10.3. The molecule has 0 aliphatic heterocycles. The van der Waals surface area contributed by atoms with Crippen LogP contribution in [0.1, 0.15) is 5.69 Å². The number of nitrogens with two attached hydrogens (primary N) is 1. The minimum Gasteiger partial charge on any atom is -0.506 e. The van der Waals surface area contributed by atoms with Gasteiger partial charge in [0.15, 0.2) is 0 Å². The van der Waals surface area contributed by atoms with Crippen LogP contribution in [-0.4, -0.2) is 26.6 Å². The minimum atomic E-state index is 0.231. The van der Waals surface area contributed by atoms with Crippen molar-refractivity contribution in [1.29, 1.82) is 0 Å². The van der Waals surface area contributed by atoms with Crippen LogP contribution >= 0.6 is 0 Å². The van der Waals surface area contributed by atoms with E-state index < -0.39 is 0 Å². The summed E-state index contributed by atoms with van der Waals surface area (Å²) in [6, 6.07) is 7.35. The largest absolute Gasteiger partial charge is 0.506 e. The molecule has 0 saturated heterocycles. The summed E-state index contributed by atoms with van der Waals surface area (Å²) in [5, 5.41) is 10.7. The van der Waals surface area contributed by atoms with Crippen molar-refractivity contribution in [3.63, 3.8) is 0 Å². The number of rotatable bonds is 3. The smallest absolute Gasteiger partial charge is 0.139 e. The van der Waals surface area contributed by atoms with Crippen LogP contribution in [0.2, 0.25) is 0 Å². The summed E-state index contributed by atoms with van der Waals surface area (Å²) in [5.41, 5.74) is 8.68. The molecule has 0 spiro atoms. The molecular weight excluding hydrogens is 240 g/mol. The lowest BCUT2D eigenvalue weighted by atomic mass is 10.2. The number of hydrogen-bond acceptors (Lipinski definition) is 4. The average molecular weight is 254 g/mol. The third kappa shape index (κ3) is 2.15. The van der Waals surface area contributed by atoms with E-state index >= 15 is 0 Å². The highest BCUT2D eigenvalue weighted by Crippen LogP contribution is 2.28. The van der Waals surface area contributed by atoms with Gasteiger partial charge in [-0.25, -0.2) is 4.98 Å². The first-order valence-corrected chi connectivity index (χ1v) is 6.10. The highest BCUT2D eigenvalue weighted by Gasteiger charge is 2.08. The van der Waals surface area contributed by atoms with Crippen LogP contribution < -0.4 is 5.73 Å². The molecule has 96 valence electrons. The number of fused-ring (bicyclic) bond motifs is 1. The molecular formula is C14H14N4O. The number of H-pyrrole nitrogens is 1. The molecule has 3 aromatic rings. The van der Waals surface area contributed by atoms with Crippen LogP contribution in [-0.2, 0) is 6.42 Å². The Bertz CT molecular complexity index is 720. The van der Waals surface area contributed by atoms with E-state index in [1.807, 2.05) is 18.2 Å². The fourth-order valence-corrected chi connectivity index (χ4v) is 2.08. The molecule has 2 aromatic heterocycles. The maximum atomic E-state index is 9.79. The first kappa shape index (κ1) is 11.7. The van der Waals surface area contributed by atoms with E-state index in [0.29, 0.717) is 18.5 Å². The lowest BCUT2D eigenvalue weighted by Gasteiger charge is -2.00. The maximum absolute atomic E-state index is 9.79. The number of aromatic hydroxyl groups is 1. The summed E-state index contributed by atoms with van der Waals surface area (Å²) >= 11 is 0. The van der Waals surface area contributed by atoms with E-state index in [-0.39, 0.29) is 5.75 Å². The van der Waals surface area contributed by atoms with Crippen molar-refractivity contribution in [3.05, 3.63) is 42.4 Å². The summed E-state index contributed by atoms with van der Waals surface area (Å²) < 4.78 is 0. The van der Waals surface area contributed by atoms with E-state index in [1.54, 1.807) is 18.5 Å². The van der Waals surface area contributed by atoms with Gasteiger partial charge in [-0.05, 0) is 18.7 Å². The number of nitrogens with one attached hydrogen (secondary N) is 1. The Labute approximate surface area is 110 Å². The molecule has 0 fully saturated rings. The van der Waals surface area contributed by atoms with Crippen LogP contribution in [0.15, 0.2) is 36.7 Å². The van der Waals surface area contributed by atoms with E-state index in [4.69, 9.17) is 5.73 Å². The fraction of sp³-hybridized carbons (Fsp3) is 0.143. The van der Waals surface area contributed by atoms with Gasteiger partial charge in [0.2, 0.25) is 0 Å². The molecule has 3 rings (SSSR count).